The molecular formula is C31H38N2O5S. The Morgan fingerprint density at radius 3 is 2.21 bits per heavy atom. The lowest BCUT2D eigenvalue weighted by atomic mass is 9.88. The normalized spacial score (nSPS) is 14.5. The molecule has 0 N–H and O–H groups in total. The number of pyridine rings is 1. The van der Waals surface area contributed by atoms with Crippen molar-refractivity contribution >= 4 is 17.7 Å². The predicted molar refractivity (Wildman–Crippen MR) is 154 cm³/mol. The zero-order valence-electron chi connectivity index (χ0n) is 23.3. The fourth-order valence-corrected chi connectivity index (χ4v) is 5.61. The van der Waals surface area contributed by atoms with Crippen LogP contribution in [0.2, 0.25) is 0 Å². The molecule has 8 heteroatoms. The third kappa shape index (κ3) is 7.18. The standard InChI is InChI=1S/C31H38N2O5S/c1-5-35-26-13-12-22(18-27(26)36-6-2)17-25-24-20-29(38-8-4)28(37-7-3)19-23(24)14-16-33(25)31(34)21-39-30-11-9-10-15-32-30/h9-13,15,18-20,25H,5-8,14,16-17,21H2,1-4H3. The van der Waals surface area contributed by atoms with E-state index in [1.165, 1.54) is 17.3 Å². The van der Waals surface area contributed by atoms with Crippen LogP contribution in [0.3, 0.4) is 0 Å². The Hall–Kier alpha value is -3.39. The van der Waals surface area contributed by atoms with Crippen molar-refractivity contribution in [1.82, 2.24) is 9.88 Å². The van der Waals surface area contributed by atoms with Crippen molar-refractivity contribution < 1.29 is 23.7 Å². The first kappa shape index (κ1) is 28.6. The smallest absolute Gasteiger partial charge is 0.233 e. The van der Waals surface area contributed by atoms with Gasteiger partial charge in [0, 0.05) is 12.7 Å². The Morgan fingerprint density at radius 2 is 1.54 bits per heavy atom. The van der Waals surface area contributed by atoms with Crippen LogP contribution in [-0.4, -0.2) is 54.5 Å². The molecule has 1 aromatic heterocycles. The summed E-state index contributed by atoms with van der Waals surface area (Å²) < 4.78 is 23.5. The lowest BCUT2D eigenvalue weighted by molar-refractivity contribution is -0.131. The maximum atomic E-state index is 13.6. The van der Waals surface area contributed by atoms with Gasteiger partial charge in [-0.3, -0.25) is 4.79 Å². The van der Waals surface area contributed by atoms with Gasteiger partial charge in [0.05, 0.1) is 43.2 Å². The fraction of sp³-hybridized carbons (Fsp3) is 0.419. The van der Waals surface area contributed by atoms with Gasteiger partial charge in [0.15, 0.2) is 23.0 Å². The number of benzene rings is 2. The Morgan fingerprint density at radius 1 is 0.872 bits per heavy atom. The zero-order chi connectivity index (χ0) is 27.6. The van der Waals surface area contributed by atoms with Crippen LogP contribution < -0.4 is 18.9 Å². The highest BCUT2D eigenvalue weighted by atomic mass is 32.2. The van der Waals surface area contributed by atoms with E-state index in [2.05, 4.69) is 23.2 Å². The molecule has 2 aromatic carbocycles. The molecule has 1 amide bonds. The van der Waals surface area contributed by atoms with Gasteiger partial charge in [0.1, 0.15) is 0 Å². The van der Waals surface area contributed by atoms with Gasteiger partial charge in [-0.25, -0.2) is 4.98 Å². The third-order valence-corrected chi connectivity index (χ3v) is 7.43. The van der Waals surface area contributed by atoms with E-state index < -0.39 is 0 Å². The number of ether oxygens (including phenoxy) is 4. The number of aromatic nitrogens is 1. The number of carbonyl (C=O) groups is 1. The van der Waals surface area contributed by atoms with Gasteiger partial charge >= 0.3 is 0 Å². The van der Waals surface area contributed by atoms with Crippen molar-refractivity contribution in [2.24, 2.45) is 0 Å². The topological polar surface area (TPSA) is 70.1 Å². The SMILES string of the molecule is CCOc1ccc(CC2c3cc(OCC)c(OCC)cc3CCN2C(=O)CSc2ccccn2)cc1OCC. The van der Waals surface area contributed by atoms with Crippen molar-refractivity contribution in [1.29, 1.82) is 0 Å². The number of nitrogens with zero attached hydrogens (tertiary/aromatic N) is 2. The van der Waals surface area contributed by atoms with E-state index in [0.29, 0.717) is 50.9 Å². The van der Waals surface area contributed by atoms with Crippen LogP contribution >= 0.6 is 11.8 Å². The van der Waals surface area contributed by atoms with Crippen LogP contribution in [0.4, 0.5) is 0 Å². The lowest BCUT2D eigenvalue weighted by Crippen LogP contribution is -2.42. The third-order valence-electron chi connectivity index (χ3n) is 6.50. The lowest BCUT2D eigenvalue weighted by Gasteiger charge is -2.38. The van der Waals surface area contributed by atoms with Crippen molar-refractivity contribution in [3.05, 3.63) is 71.4 Å². The number of amides is 1. The number of hydrogen-bond donors (Lipinski definition) is 0. The highest BCUT2D eigenvalue weighted by Crippen LogP contribution is 2.41. The van der Waals surface area contributed by atoms with E-state index in [1.54, 1.807) is 6.20 Å². The first-order chi connectivity index (χ1) is 19.1. The summed E-state index contributed by atoms with van der Waals surface area (Å²) in [5.41, 5.74) is 3.35. The van der Waals surface area contributed by atoms with Crippen LogP contribution in [0.1, 0.15) is 50.4 Å². The molecule has 39 heavy (non-hydrogen) atoms. The minimum atomic E-state index is -0.159. The molecule has 0 aliphatic carbocycles. The maximum Gasteiger partial charge on any atom is 0.233 e. The highest BCUT2D eigenvalue weighted by Gasteiger charge is 2.32. The zero-order valence-corrected chi connectivity index (χ0v) is 24.1. The molecule has 1 aliphatic rings. The van der Waals surface area contributed by atoms with Gasteiger partial charge in [-0.15, -0.1) is 0 Å². The summed E-state index contributed by atoms with van der Waals surface area (Å²) >= 11 is 1.47. The molecule has 0 radical (unpaired) electrons. The minimum absolute atomic E-state index is 0.0871. The number of hydrogen-bond acceptors (Lipinski definition) is 7. The van der Waals surface area contributed by atoms with Crippen LogP contribution in [0.5, 0.6) is 23.0 Å². The average molecular weight is 551 g/mol. The maximum absolute atomic E-state index is 13.6. The molecule has 208 valence electrons. The molecule has 1 unspecified atom stereocenters. The Balaban J connectivity index is 1.69. The quantitative estimate of drug-likeness (QED) is 0.237. The molecular weight excluding hydrogens is 512 g/mol. The first-order valence-corrected chi connectivity index (χ1v) is 14.7. The second kappa shape index (κ2) is 14.1. The first-order valence-electron chi connectivity index (χ1n) is 13.7. The van der Waals surface area contributed by atoms with Crippen LogP contribution in [0, 0.1) is 0 Å². The molecule has 0 fully saturated rings. The summed E-state index contributed by atoms with van der Waals surface area (Å²) in [5.74, 6) is 3.32. The van der Waals surface area contributed by atoms with Gasteiger partial charge in [-0.2, -0.15) is 0 Å². The number of thioether (sulfide) groups is 1. The monoisotopic (exact) mass is 550 g/mol. The van der Waals surface area contributed by atoms with E-state index >= 15 is 0 Å². The summed E-state index contributed by atoms with van der Waals surface area (Å²) in [7, 11) is 0. The molecule has 2 heterocycles. The van der Waals surface area contributed by atoms with Crippen molar-refractivity contribution in [3.8, 4) is 23.0 Å². The van der Waals surface area contributed by atoms with Crippen LogP contribution in [0.15, 0.2) is 59.8 Å². The van der Waals surface area contributed by atoms with Crippen molar-refractivity contribution in [2.45, 2.75) is 51.6 Å². The van der Waals surface area contributed by atoms with Gasteiger partial charge in [0.25, 0.3) is 0 Å². The summed E-state index contributed by atoms with van der Waals surface area (Å²) in [6.45, 7) is 10.7. The summed E-state index contributed by atoms with van der Waals surface area (Å²) in [5, 5.41) is 0.840. The second-order valence-electron chi connectivity index (χ2n) is 9.02. The van der Waals surface area contributed by atoms with E-state index in [-0.39, 0.29) is 11.9 Å². The molecule has 1 aliphatic heterocycles. The largest absolute Gasteiger partial charge is 0.490 e. The van der Waals surface area contributed by atoms with Crippen molar-refractivity contribution in [3.63, 3.8) is 0 Å². The number of carbonyl (C=O) groups excluding carboxylic acids is 1. The Bertz CT molecular complexity index is 1240. The van der Waals surface area contributed by atoms with E-state index in [4.69, 9.17) is 18.9 Å². The molecule has 4 rings (SSSR count). The highest BCUT2D eigenvalue weighted by molar-refractivity contribution is 7.99. The Kier molecular flexibility index (Phi) is 10.4. The fourth-order valence-electron chi connectivity index (χ4n) is 4.86. The van der Waals surface area contributed by atoms with E-state index in [9.17, 15) is 4.79 Å². The summed E-state index contributed by atoms with van der Waals surface area (Å²) in [6, 6.07) is 15.8. The van der Waals surface area contributed by atoms with Gasteiger partial charge in [-0.05, 0) is 93.6 Å². The molecule has 0 saturated heterocycles. The average Bonchev–Trinajstić information content (AvgIpc) is 2.95. The molecule has 0 spiro atoms. The summed E-state index contributed by atoms with van der Waals surface area (Å²) in [6.07, 6.45) is 3.14. The van der Waals surface area contributed by atoms with Gasteiger partial charge in [-0.1, -0.05) is 23.9 Å². The Labute approximate surface area is 235 Å². The van der Waals surface area contributed by atoms with Gasteiger partial charge < -0.3 is 23.8 Å². The second-order valence-corrected chi connectivity index (χ2v) is 10.0. The van der Waals surface area contributed by atoms with E-state index in [1.807, 2.05) is 62.9 Å². The molecule has 1 atom stereocenters. The van der Waals surface area contributed by atoms with Crippen LogP contribution in [0.25, 0.3) is 0 Å². The predicted octanol–water partition coefficient (Wildman–Crippen LogP) is 6.14. The number of rotatable bonds is 13. The van der Waals surface area contributed by atoms with Crippen LogP contribution in [-0.2, 0) is 17.6 Å². The van der Waals surface area contributed by atoms with Crippen molar-refractivity contribution in [2.75, 3.05) is 38.7 Å². The molecule has 3 aromatic rings. The van der Waals surface area contributed by atoms with E-state index in [0.717, 1.165) is 39.8 Å². The number of fused-ring (bicyclic) bond motifs is 1. The molecule has 0 saturated carbocycles. The minimum Gasteiger partial charge on any atom is -0.490 e. The molecule has 7 nitrogen and oxygen atoms in total. The summed E-state index contributed by atoms with van der Waals surface area (Å²) in [4.78, 5) is 20.0. The molecule has 0 bridgehead atoms. The van der Waals surface area contributed by atoms with Gasteiger partial charge in [0.2, 0.25) is 5.91 Å².